The van der Waals surface area contributed by atoms with Crippen LogP contribution in [0.4, 0.5) is 0 Å². The summed E-state index contributed by atoms with van der Waals surface area (Å²) in [6, 6.07) is 0. The normalized spacial score (nSPS) is 16.1. The number of nitrogens with zero attached hydrogens (tertiary/aromatic N) is 1. The third-order valence-corrected chi connectivity index (χ3v) is 2.23. The summed E-state index contributed by atoms with van der Waals surface area (Å²) in [5, 5.41) is 8.79. The van der Waals surface area contributed by atoms with Crippen LogP contribution in [-0.4, -0.2) is 36.2 Å². The molecule has 15 heavy (non-hydrogen) atoms. The fraction of sp³-hybridized carbons (Fsp3) is 0.846. The molecule has 1 rings (SSSR count). The maximum Gasteiger partial charge on any atom is 0.0601 e. The standard InChI is InChI=1S/C11H19NO.C2H6/c1-10(2)5-3-4-6-12-7-11(8-12)9-13;1-2/h10-11,13H,5-9H2,1-2H3;1-2H3. The van der Waals surface area contributed by atoms with Crippen LogP contribution in [0.3, 0.4) is 0 Å². The number of aliphatic hydroxyl groups is 1. The SMILES string of the molecule is CC.CC(C)CC#CCN1CC(CO)C1. The molecule has 1 heterocycles. The van der Waals surface area contributed by atoms with E-state index in [0.717, 1.165) is 26.1 Å². The van der Waals surface area contributed by atoms with Crippen LogP contribution in [0.15, 0.2) is 0 Å². The second kappa shape index (κ2) is 8.76. The van der Waals surface area contributed by atoms with Crippen molar-refractivity contribution in [1.82, 2.24) is 4.90 Å². The van der Waals surface area contributed by atoms with E-state index in [1.165, 1.54) is 0 Å². The summed E-state index contributed by atoms with van der Waals surface area (Å²) in [5.74, 6) is 7.50. The molecule has 0 aromatic heterocycles. The van der Waals surface area contributed by atoms with E-state index in [-0.39, 0.29) is 0 Å². The van der Waals surface area contributed by atoms with E-state index in [1.807, 2.05) is 13.8 Å². The molecule has 0 spiro atoms. The van der Waals surface area contributed by atoms with Gasteiger partial charge in [-0.15, -0.1) is 5.92 Å². The number of hydrogen-bond donors (Lipinski definition) is 1. The molecule has 2 heteroatoms. The van der Waals surface area contributed by atoms with Crippen molar-refractivity contribution in [2.24, 2.45) is 11.8 Å². The van der Waals surface area contributed by atoms with E-state index in [9.17, 15) is 0 Å². The van der Waals surface area contributed by atoms with Crippen molar-refractivity contribution in [3.8, 4) is 11.8 Å². The Hall–Kier alpha value is -0.520. The molecule has 0 aromatic carbocycles. The van der Waals surface area contributed by atoms with Gasteiger partial charge in [0.2, 0.25) is 0 Å². The molecular weight excluding hydrogens is 186 g/mol. The molecule has 0 radical (unpaired) electrons. The van der Waals surface area contributed by atoms with Gasteiger partial charge < -0.3 is 5.11 Å². The summed E-state index contributed by atoms with van der Waals surface area (Å²) in [6.07, 6.45) is 0.997. The zero-order valence-corrected chi connectivity index (χ0v) is 10.6. The van der Waals surface area contributed by atoms with Crippen LogP contribution in [0.1, 0.15) is 34.1 Å². The summed E-state index contributed by atoms with van der Waals surface area (Å²) in [6.45, 7) is 11.6. The second-order valence-electron chi connectivity index (χ2n) is 4.19. The predicted octanol–water partition coefficient (Wildman–Crippen LogP) is 1.99. The van der Waals surface area contributed by atoms with E-state index in [0.29, 0.717) is 18.4 Å². The molecule has 1 aliphatic rings. The second-order valence-corrected chi connectivity index (χ2v) is 4.19. The molecule has 1 aliphatic heterocycles. The summed E-state index contributed by atoms with van der Waals surface area (Å²) >= 11 is 0. The Balaban J connectivity index is 0.000000921. The molecule has 0 aromatic rings. The van der Waals surface area contributed by atoms with Crippen LogP contribution >= 0.6 is 0 Å². The third-order valence-electron chi connectivity index (χ3n) is 2.23. The Bertz CT molecular complexity index is 196. The lowest BCUT2D eigenvalue weighted by Crippen LogP contribution is -2.48. The van der Waals surface area contributed by atoms with Gasteiger partial charge in [0.05, 0.1) is 6.54 Å². The lowest BCUT2D eigenvalue weighted by molar-refractivity contribution is 0.0654. The molecule has 0 bridgehead atoms. The van der Waals surface area contributed by atoms with Crippen molar-refractivity contribution in [3.63, 3.8) is 0 Å². The van der Waals surface area contributed by atoms with Gasteiger partial charge in [0.15, 0.2) is 0 Å². The number of hydrogen-bond acceptors (Lipinski definition) is 2. The molecule has 1 N–H and O–H groups in total. The van der Waals surface area contributed by atoms with Gasteiger partial charge in [-0.2, -0.15) is 0 Å². The number of rotatable bonds is 3. The van der Waals surface area contributed by atoms with E-state index < -0.39 is 0 Å². The molecule has 0 aliphatic carbocycles. The fourth-order valence-corrected chi connectivity index (χ4v) is 1.37. The Morgan fingerprint density at radius 2 is 1.87 bits per heavy atom. The van der Waals surface area contributed by atoms with Crippen molar-refractivity contribution in [2.75, 3.05) is 26.2 Å². The van der Waals surface area contributed by atoms with E-state index in [2.05, 4.69) is 30.6 Å². The van der Waals surface area contributed by atoms with Gasteiger partial charge in [-0.1, -0.05) is 33.6 Å². The minimum absolute atomic E-state index is 0.329. The molecule has 0 saturated carbocycles. The van der Waals surface area contributed by atoms with Crippen molar-refractivity contribution in [1.29, 1.82) is 0 Å². The van der Waals surface area contributed by atoms with Gasteiger partial charge in [-0.05, 0) is 5.92 Å². The molecule has 0 atom stereocenters. The van der Waals surface area contributed by atoms with Gasteiger partial charge in [-0.3, -0.25) is 4.90 Å². The van der Waals surface area contributed by atoms with Crippen molar-refractivity contribution < 1.29 is 5.11 Å². The van der Waals surface area contributed by atoms with Gasteiger partial charge >= 0.3 is 0 Å². The number of likely N-dealkylation sites (tertiary alicyclic amines) is 1. The first-order chi connectivity index (χ1) is 7.22. The predicted molar refractivity (Wildman–Crippen MR) is 65.6 cm³/mol. The van der Waals surface area contributed by atoms with Gasteiger partial charge in [-0.25, -0.2) is 0 Å². The first kappa shape index (κ1) is 14.5. The van der Waals surface area contributed by atoms with Crippen molar-refractivity contribution in [2.45, 2.75) is 34.1 Å². The zero-order chi connectivity index (χ0) is 11.7. The van der Waals surface area contributed by atoms with Crippen LogP contribution in [-0.2, 0) is 0 Å². The fourth-order valence-electron chi connectivity index (χ4n) is 1.37. The highest BCUT2D eigenvalue weighted by molar-refractivity contribution is 5.03. The molecule has 2 nitrogen and oxygen atoms in total. The van der Waals surface area contributed by atoms with E-state index in [1.54, 1.807) is 0 Å². The Morgan fingerprint density at radius 3 is 2.33 bits per heavy atom. The van der Waals surface area contributed by atoms with Crippen LogP contribution in [0.2, 0.25) is 0 Å². The smallest absolute Gasteiger partial charge is 0.0601 e. The first-order valence-electron chi connectivity index (χ1n) is 6.01. The Labute approximate surface area is 94.7 Å². The molecule has 0 unspecified atom stereocenters. The average molecular weight is 211 g/mol. The summed E-state index contributed by atoms with van der Waals surface area (Å²) < 4.78 is 0. The quantitative estimate of drug-likeness (QED) is 0.722. The van der Waals surface area contributed by atoms with Gasteiger partial charge in [0.25, 0.3) is 0 Å². The summed E-state index contributed by atoms with van der Waals surface area (Å²) in [7, 11) is 0. The highest BCUT2D eigenvalue weighted by atomic mass is 16.3. The third kappa shape index (κ3) is 6.54. The highest BCUT2D eigenvalue weighted by Gasteiger charge is 2.24. The van der Waals surface area contributed by atoms with Crippen LogP contribution in [0.5, 0.6) is 0 Å². The minimum atomic E-state index is 0.329. The lowest BCUT2D eigenvalue weighted by atomic mass is 10.0. The van der Waals surface area contributed by atoms with E-state index >= 15 is 0 Å². The first-order valence-corrected chi connectivity index (χ1v) is 6.01. The molecular formula is C13H25NO. The average Bonchev–Trinajstić information content (AvgIpc) is 2.17. The monoisotopic (exact) mass is 211 g/mol. The summed E-state index contributed by atoms with van der Waals surface area (Å²) in [4.78, 5) is 2.27. The van der Waals surface area contributed by atoms with Crippen LogP contribution in [0, 0.1) is 23.7 Å². The lowest BCUT2D eigenvalue weighted by Gasteiger charge is -2.36. The van der Waals surface area contributed by atoms with Crippen LogP contribution in [0.25, 0.3) is 0 Å². The topological polar surface area (TPSA) is 23.5 Å². The molecule has 88 valence electrons. The number of aliphatic hydroxyl groups excluding tert-OH is 1. The molecule has 1 fully saturated rings. The highest BCUT2D eigenvalue weighted by Crippen LogP contribution is 2.12. The van der Waals surface area contributed by atoms with Gasteiger partial charge in [0, 0.05) is 32.0 Å². The van der Waals surface area contributed by atoms with E-state index in [4.69, 9.17) is 5.11 Å². The Kier molecular flexibility index (Phi) is 8.46. The largest absolute Gasteiger partial charge is 0.396 e. The summed E-state index contributed by atoms with van der Waals surface area (Å²) in [5.41, 5.74) is 0. The minimum Gasteiger partial charge on any atom is -0.396 e. The van der Waals surface area contributed by atoms with Crippen LogP contribution < -0.4 is 0 Å². The van der Waals surface area contributed by atoms with Crippen molar-refractivity contribution in [3.05, 3.63) is 0 Å². The Morgan fingerprint density at radius 1 is 1.27 bits per heavy atom. The van der Waals surface area contributed by atoms with Gasteiger partial charge in [0.1, 0.15) is 0 Å². The maximum absolute atomic E-state index is 8.79. The molecule has 1 saturated heterocycles. The maximum atomic E-state index is 8.79. The zero-order valence-electron chi connectivity index (χ0n) is 10.6. The molecule has 0 amide bonds. The van der Waals surface area contributed by atoms with Crippen molar-refractivity contribution >= 4 is 0 Å².